The van der Waals surface area contributed by atoms with E-state index in [0.717, 1.165) is 26.4 Å². The Morgan fingerprint density at radius 1 is 1.27 bits per heavy atom. The molecule has 0 unspecified atom stereocenters. The van der Waals surface area contributed by atoms with Crippen LogP contribution in [0.15, 0.2) is 46.3 Å². The van der Waals surface area contributed by atoms with E-state index in [1.165, 1.54) is 11.3 Å². The predicted octanol–water partition coefficient (Wildman–Crippen LogP) is 4.80. The van der Waals surface area contributed by atoms with Gasteiger partial charge in [0.25, 0.3) is 5.91 Å². The van der Waals surface area contributed by atoms with Gasteiger partial charge >= 0.3 is 0 Å². The predicted molar refractivity (Wildman–Crippen MR) is 109 cm³/mol. The fourth-order valence-corrected chi connectivity index (χ4v) is 4.74. The maximum absolute atomic E-state index is 12.7. The fourth-order valence-electron chi connectivity index (χ4n) is 2.74. The second-order valence-electron chi connectivity index (χ2n) is 6.32. The van der Waals surface area contributed by atoms with Crippen molar-refractivity contribution in [3.8, 4) is 5.75 Å². The van der Waals surface area contributed by atoms with Crippen molar-refractivity contribution in [1.29, 1.82) is 0 Å². The van der Waals surface area contributed by atoms with Crippen LogP contribution in [0.3, 0.4) is 0 Å². The number of methoxy groups -OCH3 is 1. The van der Waals surface area contributed by atoms with Crippen molar-refractivity contribution in [3.63, 3.8) is 0 Å². The van der Waals surface area contributed by atoms with Gasteiger partial charge in [0, 0.05) is 22.8 Å². The van der Waals surface area contributed by atoms with Crippen LogP contribution in [-0.4, -0.2) is 22.8 Å². The molecule has 0 aliphatic carbocycles. The molecule has 0 spiro atoms. The highest BCUT2D eigenvalue weighted by Crippen LogP contribution is 2.29. The van der Waals surface area contributed by atoms with Crippen molar-refractivity contribution in [2.75, 3.05) is 7.11 Å². The third-order valence-corrected chi connectivity index (χ3v) is 6.24. The van der Waals surface area contributed by atoms with Gasteiger partial charge in [0.2, 0.25) is 0 Å². The van der Waals surface area contributed by atoms with Gasteiger partial charge in [-0.25, -0.2) is 0 Å². The molecule has 0 atom stereocenters. The molecule has 0 N–H and O–H groups in total. The number of hydrogen-bond acceptors (Lipinski definition) is 4. The normalized spacial score (nSPS) is 12.2. The summed E-state index contributed by atoms with van der Waals surface area (Å²) in [7, 11) is 3.57. The molecule has 4 nitrogen and oxygen atoms in total. The van der Waals surface area contributed by atoms with Gasteiger partial charge in [0.05, 0.1) is 11.8 Å². The van der Waals surface area contributed by atoms with Gasteiger partial charge in [-0.05, 0) is 36.8 Å². The molecule has 1 aromatic heterocycles. The first-order valence-electron chi connectivity index (χ1n) is 8.39. The largest absolute Gasteiger partial charge is 0.495 e. The zero-order valence-corrected chi connectivity index (χ0v) is 17.2. The number of carbonyl (C=O) groups is 1. The van der Waals surface area contributed by atoms with Gasteiger partial charge in [-0.1, -0.05) is 37.3 Å². The van der Waals surface area contributed by atoms with E-state index in [2.05, 4.69) is 25.8 Å². The minimum absolute atomic E-state index is 0.227. The van der Waals surface area contributed by atoms with Gasteiger partial charge < -0.3 is 9.30 Å². The second kappa shape index (κ2) is 7.68. The zero-order chi connectivity index (χ0) is 18.8. The monoisotopic (exact) mass is 386 g/mol. The third kappa shape index (κ3) is 3.71. The summed E-state index contributed by atoms with van der Waals surface area (Å²) in [5.41, 5.74) is 2.72. The second-order valence-corrected chi connectivity index (χ2v) is 8.94. The minimum Gasteiger partial charge on any atom is -0.495 e. The number of aromatic nitrogens is 1. The SMILES string of the molecule is COc1ccc(C)c2sc(=NC(=O)c3cccc(SC(C)C)c3)n(C)c12. The molecule has 2 aromatic carbocycles. The van der Waals surface area contributed by atoms with E-state index in [0.29, 0.717) is 15.6 Å². The van der Waals surface area contributed by atoms with E-state index in [1.54, 1.807) is 18.9 Å². The molecule has 1 heterocycles. The van der Waals surface area contributed by atoms with Crippen molar-refractivity contribution in [2.45, 2.75) is 30.9 Å². The average molecular weight is 387 g/mol. The van der Waals surface area contributed by atoms with Crippen molar-refractivity contribution in [3.05, 3.63) is 52.3 Å². The van der Waals surface area contributed by atoms with E-state index in [4.69, 9.17) is 4.74 Å². The van der Waals surface area contributed by atoms with Crippen LogP contribution in [0.2, 0.25) is 0 Å². The molecular weight excluding hydrogens is 364 g/mol. The summed E-state index contributed by atoms with van der Waals surface area (Å²) in [6.07, 6.45) is 0. The first-order valence-corrected chi connectivity index (χ1v) is 10.1. The number of fused-ring (bicyclic) bond motifs is 1. The van der Waals surface area contributed by atoms with E-state index in [1.807, 2.05) is 48.0 Å². The highest BCUT2D eigenvalue weighted by Gasteiger charge is 2.13. The van der Waals surface area contributed by atoms with Crippen LogP contribution >= 0.6 is 23.1 Å². The first-order chi connectivity index (χ1) is 12.4. The lowest BCUT2D eigenvalue weighted by molar-refractivity contribution is 0.0997. The standard InChI is InChI=1S/C20H22N2O2S2/c1-12(2)25-15-8-6-7-14(11-15)19(23)21-20-22(4)17-16(24-5)10-9-13(3)18(17)26-20/h6-12H,1-5H3. The Balaban J connectivity index is 2.06. The molecule has 0 saturated heterocycles. The lowest BCUT2D eigenvalue weighted by Gasteiger charge is -2.05. The summed E-state index contributed by atoms with van der Waals surface area (Å²) >= 11 is 3.25. The summed E-state index contributed by atoms with van der Waals surface area (Å²) in [5.74, 6) is 0.559. The van der Waals surface area contributed by atoms with Gasteiger partial charge in [-0.15, -0.1) is 11.8 Å². The first kappa shape index (κ1) is 18.7. The number of amides is 1. The number of benzene rings is 2. The van der Waals surface area contributed by atoms with Crippen LogP contribution in [0, 0.1) is 6.92 Å². The average Bonchev–Trinajstić information content (AvgIpc) is 2.93. The minimum atomic E-state index is -0.227. The van der Waals surface area contributed by atoms with Crippen LogP contribution in [0.5, 0.6) is 5.75 Å². The quantitative estimate of drug-likeness (QED) is 0.605. The van der Waals surface area contributed by atoms with E-state index < -0.39 is 0 Å². The van der Waals surface area contributed by atoms with E-state index in [9.17, 15) is 4.79 Å². The Hall–Kier alpha value is -2.05. The molecule has 0 radical (unpaired) electrons. The topological polar surface area (TPSA) is 43.6 Å². The van der Waals surface area contributed by atoms with Crippen LogP contribution in [0.25, 0.3) is 10.2 Å². The highest BCUT2D eigenvalue weighted by atomic mass is 32.2. The van der Waals surface area contributed by atoms with Crippen LogP contribution in [-0.2, 0) is 7.05 Å². The van der Waals surface area contributed by atoms with Crippen LogP contribution in [0.4, 0.5) is 0 Å². The third-order valence-electron chi connectivity index (χ3n) is 3.98. The van der Waals surface area contributed by atoms with E-state index >= 15 is 0 Å². The number of thiazole rings is 1. The lowest BCUT2D eigenvalue weighted by Crippen LogP contribution is -2.13. The van der Waals surface area contributed by atoms with E-state index in [-0.39, 0.29) is 5.91 Å². The number of thioether (sulfide) groups is 1. The molecule has 26 heavy (non-hydrogen) atoms. The highest BCUT2D eigenvalue weighted by molar-refractivity contribution is 7.99. The zero-order valence-electron chi connectivity index (χ0n) is 15.6. The van der Waals surface area contributed by atoms with Crippen molar-refractivity contribution >= 4 is 39.2 Å². The molecule has 0 saturated carbocycles. The molecular formula is C20H22N2O2S2. The van der Waals surface area contributed by atoms with Gasteiger partial charge in [0.1, 0.15) is 11.3 Å². The molecule has 3 aromatic rings. The summed E-state index contributed by atoms with van der Waals surface area (Å²) in [6.45, 7) is 6.32. The van der Waals surface area contributed by atoms with Crippen molar-refractivity contribution in [1.82, 2.24) is 4.57 Å². The summed E-state index contributed by atoms with van der Waals surface area (Å²) in [5, 5.41) is 0.466. The van der Waals surface area contributed by atoms with Gasteiger partial charge in [-0.3, -0.25) is 4.79 Å². The number of ether oxygens (including phenoxy) is 1. The Labute approximate surface area is 161 Å². The summed E-state index contributed by atoms with van der Waals surface area (Å²) < 4.78 is 8.49. The molecule has 3 rings (SSSR count). The summed E-state index contributed by atoms with van der Waals surface area (Å²) in [4.78, 5) is 18.8. The Morgan fingerprint density at radius 2 is 2.04 bits per heavy atom. The van der Waals surface area contributed by atoms with Crippen LogP contribution < -0.4 is 9.54 Å². The Bertz CT molecular complexity index is 1030. The molecule has 1 amide bonds. The molecule has 6 heteroatoms. The molecule has 0 aliphatic heterocycles. The lowest BCUT2D eigenvalue weighted by atomic mass is 10.2. The Kier molecular flexibility index (Phi) is 5.53. The number of carbonyl (C=O) groups excluding carboxylic acids is 1. The number of aryl methyl sites for hydroxylation is 2. The molecule has 0 bridgehead atoms. The summed E-state index contributed by atoms with van der Waals surface area (Å²) in [6, 6.07) is 11.6. The number of rotatable bonds is 4. The van der Waals surface area contributed by atoms with Gasteiger partial charge in [-0.2, -0.15) is 4.99 Å². The fraction of sp³-hybridized carbons (Fsp3) is 0.300. The number of nitrogens with zero attached hydrogens (tertiary/aromatic N) is 2. The number of hydrogen-bond donors (Lipinski definition) is 0. The maximum Gasteiger partial charge on any atom is 0.279 e. The van der Waals surface area contributed by atoms with Gasteiger partial charge in [0.15, 0.2) is 4.80 Å². The molecule has 0 aliphatic rings. The van der Waals surface area contributed by atoms with Crippen molar-refractivity contribution < 1.29 is 9.53 Å². The van der Waals surface area contributed by atoms with Crippen LogP contribution in [0.1, 0.15) is 29.8 Å². The maximum atomic E-state index is 12.7. The van der Waals surface area contributed by atoms with Crippen molar-refractivity contribution in [2.24, 2.45) is 12.0 Å². The molecule has 0 fully saturated rings. The molecule has 136 valence electrons. The smallest absolute Gasteiger partial charge is 0.279 e. The Morgan fingerprint density at radius 3 is 2.73 bits per heavy atom.